The van der Waals surface area contributed by atoms with E-state index in [1.165, 1.54) is 5.56 Å². The van der Waals surface area contributed by atoms with Crippen molar-refractivity contribution in [2.75, 3.05) is 0 Å². The maximum Gasteiger partial charge on any atom is 0.0519 e. The number of hydrogen-bond donors (Lipinski definition) is 0. The van der Waals surface area contributed by atoms with Crippen LogP contribution >= 0.6 is 11.6 Å². The standard InChI is InChI=1S/C14H12Cl/c1-10-6-3-4-8-12(10)13-9-5-7-11(2)14(13)15/h3-8H,1-2H3. The van der Waals surface area contributed by atoms with E-state index in [-0.39, 0.29) is 0 Å². The first-order valence-electron chi connectivity index (χ1n) is 4.93. The molecule has 2 aromatic rings. The van der Waals surface area contributed by atoms with Crippen LogP contribution < -0.4 is 0 Å². The van der Waals surface area contributed by atoms with Crippen molar-refractivity contribution in [3.8, 4) is 11.1 Å². The van der Waals surface area contributed by atoms with Crippen LogP contribution in [0.15, 0.2) is 36.4 Å². The Bertz CT molecular complexity index is 486. The molecule has 0 aromatic heterocycles. The molecule has 0 aliphatic rings. The van der Waals surface area contributed by atoms with Gasteiger partial charge < -0.3 is 0 Å². The maximum atomic E-state index is 6.27. The Labute approximate surface area is 95.5 Å². The van der Waals surface area contributed by atoms with E-state index in [1.54, 1.807) is 0 Å². The van der Waals surface area contributed by atoms with Crippen LogP contribution in [0.5, 0.6) is 0 Å². The summed E-state index contributed by atoms with van der Waals surface area (Å²) in [5.41, 5.74) is 4.47. The summed E-state index contributed by atoms with van der Waals surface area (Å²) >= 11 is 6.27. The van der Waals surface area contributed by atoms with Crippen LogP contribution in [0.2, 0.25) is 5.02 Å². The molecule has 0 N–H and O–H groups in total. The Hall–Kier alpha value is -1.27. The van der Waals surface area contributed by atoms with Gasteiger partial charge in [-0.2, -0.15) is 0 Å². The predicted octanol–water partition coefficient (Wildman–Crippen LogP) is 4.42. The third-order valence-corrected chi connectivity index (χ3v) is 3.03. The van der Waals surface area contributed by atoms with Gasteiger partial charge in [-0.25, -0.2) is 0 Å². The zero-order chi connectivity index (χ0) is 10.8. The second-order valence-corrected chi connectivity index (χ2v) is 4.04. The van der Waals surface area contributed by atoms with Crippen molar-refractivity contribution in [2.45, 2.75) is 13.8 Å². The summed E-state index contributed by atoms with van der Waals surface area (Å²) < 4.78 is 0. The molecule has 0 atom stereocenters. The van der Waals surface area contributed by atoms with Crippen LogP contribution in [0.1, 0.15) is 11.1 Å². The Morgan fingerprint density at radius 3 is 2.47 bits per heavy atom. The van der Waals surface area contributed by atoms with E-state index in [0.29, 0.717) is 0 Å². The monoisotopic (exact) mass is 215 g/mol. The summed E-state index contributed by atoms with van der Waals surface area (Å²) in [5.74, 6) is 0. The van der Waals surface area contributed by atoms with Crippen LogP contribution in [-0.2, 0) is 0 Å². The van der Waals surface area contributed by atoms with E-state index in [9.17, 15) is 0 Å². The van der Waals surface area contributed by atoms with Gasteiger partial charge in [0.25, 0.3) is 0 Å². The van der Waals surface area contributed by atoms with E-state index < -0.39 is 0 Å². The topological polar surface area (TPSA) is 0 Å². The highest BCUT2D eigenvalue weighted by molar-refractivity contribution is 6.34. The maximum absolute atomic E-state index is 6.27. The minimum Gasteiger partial charge on any atom is -0.0833 e. The molecule has 0 nitrogen and oxygen atoms in total. The van der Waals surface area contributed by atoms with Gasteiger partial charge in [0.15, 0.2) is 0 Å². The highest BCUT2D eigenvalue weighted by Crippen LogP contribution is 2.31. The molecule has 0 aliphatic carbocycles. The van der Waals surface area contributed by atoms with Crippen molar-refractivity contribution in [1.82, 2.24) is 0 Å². The Morgan fingerprint density at radius 1 is 1.00 bits per heavy atom. The molecule has 1 heteroatoms. The fourth-order valence-corrected chi connectivity index (χ4v) is 1.85. The van der Waals surface area contributed by atoms with Crippen LogP contribution in [0.3, 0.4) is 0 Å². The lowest BCUT2D eigenvalue weighted by atomic mass is 9.99. The minimum absolute atomic E-state index is 0.798. The summed E-state index contributed by atoms with van der Waals surface area (Å²) in [4.78, 5) is 0. The first kappa shape index (κ1) is 10.3. The van der Waals surface area contributed by atoms with E-state index in [4.69, 9.17) is 11.6 Å². The number of halogens is 1. The zero-order valence-electron chi connectivity index (χ0n) is 8.84. The number of rotatable bonds is 1. The largest absolute Gasteiger partial charge is 0.0833 e. The molecule has 0 saturated heterocycles. The molecule has 0 spiro atoms. The van der Waals surface area contributed by atoms with E-state index in [1.807, 2.05) is 31.2 Å². The van der Waals surface area contributed by atoms with Gasteiger partial charge in [0.2, 0.25) is 0 Å². The average Bonchev–Trinajstić information content (AvgIpc) is 2.23. The fourth-order valence-electron chi connectivity index (χ4n) is 1.63. The normalized spacial score (nSPS) is 10.3. The summed E-state index contributed by atoms with van der Waals surface area (Å²) in [7, 11) is 0. The molecule has 15 heavy (non-hydrogen) atoms. The molecule has 2 rings (SSSR count). The molecule has 0 fully saturated rings. The molecule has 0 bridgehead atoms. The second-order valence-electron chi connectivity index (χ2n) is 3.66. The molecule has 2 aromatic carbocycles. The summed E-state index contributed by atoms with van der Waals surface area (Å²) in [6.45, 7) is 4.10. The summed E-state index contributed by atoms with van der Waals surface area (Å²) in [6.07, 6.45) is 0. The predicted molar refractivity (Wildman–Crippen MR) is 65.2 cm³/mol. The number of aryl methyl sites for hydroxylation is 2. The van der Waals surface area contributed by atoms with Gasteiger partial charge in [0, 0.05) is 5.56 Å². The molecule has 0 aliphatic heterocycles. The molecule has 0 amide bonds. The highest BCUT2D eigenvalue weighted by atomic mass is 35.5. The van der Waals surface area contributed by atoms with Crippen molar-refractivity contribution < 1.29 is 0 Å². The van der Waals surface area contributed by atoms with Gasteiger partial charge in [0.1, 0.15) is 0 Å². The second kappa shape index (κ2) is 4.08. The van der Waals surface area contributed by atoms with Crippen LogP contribution in [-0.4, -0.2) is 0 Å². The van der Waals surface area contributed by atoms with E-state index in [0.717, 1.165) is 21.7 Å². The first-order chi connectivity index (χ1) is 7.20. The molecule has 0 heterocycles. The lowest BCUT2D eigenvalue weighted by Gasteiger charge is -2.08. The van der Waals surface area contributed by atoms with Crippen molar-refractivity contribution >= 4 is 11.6 Å². The van der Waals surface area contributed by atoms with Crippen molar-refractivity contribution in [1.29, 1.82) is 0 Å². The molecular formula is C14H12Cl. The van der Waals surface area contributed by atoms with Crippen LogP contribution in [0, 0.1) is 19.9 Å². The van der Waals surface area contributed by atoms with Gasteiger partial charge in [-0.15, -0.1) is 0 Å². The summed E-state index contributed by atoms with van der Waals surface area (Å²) in [6, 6.07) is 15.3. The van der Waals surface area contributed by atoms with Gasteiger partial charge in [0.05, 0.1) is 5.02 Å². The molecule has 0 saturated carbocycles. The zero-order valence-corrected chi connectivity index (χ0v) is 9.60. The van der Waals surface area contributed by atoms with E-state index >= 15 is 0 Å². The third kappa shape index (κ3) is 1.91. The fraction of sp³-hybridized carbons (Fsp3) is 0.143. The molecule has 0 unspecified atom stereocenters. The number of benzene rings is 2. The smallest absolute Gasteiger partial charge is 0.0519 e. The lowest BCUT2D eigenvalue weighted by Crippen LogP contribution is -1.86. The van der Waals surface area contributed by atoms with Crippen LogP contribution in [0.4, 0.5) is 0 Å². The first-order valence-corrected chi connectivity index (χ1v) is 5.30. The number of hydrogen-bond acceptors (Lipinski definition) is 0. The Balaban J connectivity index is 2.65. The van der Waals surface area contributed by atoms with Gasteiger partial charge in [-0.1, -0.05) is 48.0 Å². The lowest BCUT2D eigenvalue weighted by molar-refractivity contribution is 1.42. The van der Waals surface area contributed by atoms with Crippen molar-refractivity contribution in [2.24, 2.45) is 0 Å². The van der Waals surface area contributed by atoms with Crippen molar-refractivity contribution in [3.05, 3.63) is 58.6 Å². The van der Waals surface area contributed by atoms with Gasteiger partial charge in [-0.3, -0.25) is 0 Å². The highest BCUT2D eigenvalue weighted by Gasteiger charge is 2.07. The quantitative estimate of drug-likeness (QED) is 0.661. The Morgan fingerprint density at radius 2 is 1.73 bits per heavy atom. The van der Waals surface area contributed by atoms with E-state index in [2.05, 4.69) is 25.1 Å². The molecule has 1 radical (unpaired) electrons. The average molecular weight is 216 g/mol. The Kier molecular flexibility index (Phi) is 2.79. The molecule has 75 valence electrons. The van der Waals surface area contributed by atoms with Crippen LogP contribution in [0.25, 0.3) is 11.1 Å². The minimum atomic E-state index is 0.798. The van der Waals surface area contributed by atoms with Gasteiger partial charge in [-0.05, 0) is 36.6 Å². The third-order valence-electron chi connectivity index (χ3n) is 2.54. The van der Waals surface area contributed by atoms with Crippen molar-refractivity contribution in [3.63, 3.8) is 0 Å². The van der Waals surface area contributed by atoms with Gasteiger partial charge >= 0.3 is 0 Å². The summed E-state index contributed by atoms with van der Waals surface area (Å²) in [5, 5.41) is 0.798. The molecular weight excluding hydrogens is 204 g/mol. The SMILES string of the molecule is Cc1ccccc1-c1[c]ccc(C)c1Cl.